The molecule has 0 saturated heterocycles. The van der Waals surface area contributed by atoms with Crippen LogP contribution >= 0.6 is 0 Å². The molecule has 0 spiro atoms. The molecule has 4 nitrogen and oxygen atoms in total. The molecule has 4 saturated carbocycles. The third kappa shape index (κ3) is 2.11. The quantitative estimate of drug-likeness (QED) is 0.547. The Balaban J connectivity index is 1.64. The van der Waals surface area contributed by atoms with Crippen LogP contribution in [-0.4, -0.2) is 44.8 Å². The molecule has 132 valence electrons. The Kier molecular flexibility index (Phi) is 3.67. The van der Waals surface area contributed by atoms with Gasteiger partial charge in [-0.05, 0) is 79.4 Å². The fourth-order valence-corrected chi connectivity index (χ4v) is 7.26. The summed E-state index contributed by atoms with van der Waals surface area (Å²) in [6.45, 7) is 4.50. The van der Waals surface area contributed by atoms with Gasteiger partial charge in [0.1, 0.15) is 0 Å². The van der Waals surface area contributed by atoms with Gasteiger partial charge in [-0.2, -0.15) is 0 Å². The lowest BCUT2D eigenvalue weighted by Gasteiger charge is -2.61. The Labute approximate surface area is 138 Å². The van der Waals surface area contributed by atoms with Crippen molar-refractivity contribution >= 4 is 0 Å². The van der Waals surface area contributed by atoms with Gasteiger partial charge in [-0.15, -0.1) is 0 Å². The minimum Gasteiger partial charge on any atom is -0.390 e. The molecule has 4 fully saturated rings. The van der Waals surface area contributed by atoms with Gasteiger partial charge in [0.15, 0.2) is 0 Å². The van der Waals surface area contributed by atoms with Crippen LogP contribution in [0.1, 0.15) is 58.8 Å². The van der Waals surface area contributed by atoms with E-state index in [2.05, 4.69) is 13.8 Å². The van der Waals surface area contributed by atoms with Crippen molar-refractivity contribution in [1.29, 1.82) is 0 Å². The van der Waals surface area contributed by atoms with Crippen LogP contribution in [0.3, 0.4) is 0 Å². The average Bonchev–Trinajstić information content (AvgIpc) is 2.73. The molecule has 4 aliphatic carbocycles. The van der Waals surface area contributed by atoms with E-state index in [1.54, 1.807) is 0 Å². The molecule has 0 aromatic rings. The first kappa shape index (κ1) is 16.3. The van der Waals surface area contributed by atoms with Crippen molar-refractivity contribution in [1.82, 2.24) is 0 Å². The second-order valence-corrected chi connectivity index (χ2v) is 9.52. The van der Waals surface area contributed by atoms with Crippen molar-refractivity contribution in [2.45, 2.75) is 83.2 Å². The highest BCUT2D eigenvalue weighted by molar-refractivity contribution is 5.12. The van der Waals surface area contributed by atoms with E-state index in [9.17, 15) is 20.4 Å². The summed E-state index contributed by atoms with van der Waals surface area (Å²) in [4.78, 5) is 0. The molecule has 0 amide bonds. The first-order valence-corrected chi connectivity index (χ1v) is 9.49. The van der Waals surface area contributed by atoms with Gasteiger partial charge in [-0.3, -0.25) is 0 Å². The van der Waals surface area contributed by atoms with Crippen LogP contribution < -0.4 is 0 Å². The van der Waals surface area contributed by atoms with E-state index in [-0.39, 0.29) is 10.8 Å². The number of hydrogen-bond acceptors (Lipinski definition) is 4. The van der Waals surface area contributed by atoms with Gasteiger partial charge >= 0.3 is 0 Å². The van der Waals surface area contributed by atoms with Gasteiger partial charge in [0, 0.05) is 0 Å². The van der Waals surface area contributed by atoms with Crippen LogP contribution in [0.2, 0.25) is 0 Å². The molecule has 0 radical (unpaired) electrons. The number of fused-ring (bicyclic) bond motifs is 5. The number of aliphatic hydroxyl groups is 4. The molecular formula is C19H32O4. The van der Waals surface area contributed by atoms with Gasteiger partial charge < -0.3 is 20.4 Å². The maximum atomic E-state index is 10.5. The molecule has 0 aliphatic heterocycles. The predicted molar refractivity (Wildman–Crippen MR) is 86.5 cm³/mol. The highest BCUT2D eigenvalue weighted by Gasteiger charge is 2.62. The summed E-state index contributed by atoms with van der Waals surface area (Å²) in [6, 6.07) is 0. The lowest BCUT2D eigenvalue weighted by Crippen LogP contribution is -2.57. The van der Waals surface area contributed by atoms with Crippen molar-refractivity contribution in [3.05, 3.63) is 0 Å². The van der Waals surface area contributed by atoms with Crippen LogP contribution in [0.4, 0.5) is 0 Å². The topological polar surface area (TPSA) is 80.9 Å². The van der Waals surface area contributed by atoms with E-state index >= 15 is 0 Å². The molecule has 10 atom stereocenters. The molecule has 5 unspecified atom stereocenters. The third-order valence-electron chi connectivity index (χ3n) is 8.66. The number of hydrogen-bond donors (Lipinski definition) is 4. The largest absolute Gasteiger partial charge is 0.390 e. The van der Waals surface area contributed by atoms with Crippen molar-refractivity contribution in [3.8, 4) is 0 Å². The monoisotopic (exact) mass is 324 g/mol. The maximum Gasteiger partial charge on any atom is 0.0855 e. The molecule has 0 heterocycles. The highest BCUT2D eigenvalue weighted by atomic mass is 16.3. The molecule has 4 heteroatoms. The highest BCUT2D eigenvalue weighted by Crippen LogP contribution is 2.66. The standard InChI is InChI=1S/C19H32O4/c1-18-6-5-12-11(13(18)8-15(21)17(18)23)4-3-10-7-14(20)16(22)9-19(10,12)2/h10-17,20-23H,3-9H2,1-2H3/t10?,11-,12-,13+,14?,15?,16?,17?,18+,19+/m1/s1. The fourth-order valence-electron chi connectivity index (χ4n) is 7.26. The lowest BCUT2D eigenvalue weighted by atomic mass is 9.45. The zero-order valence-corrected chi connectivity index (χ0v) is 14.4. The minimum absolute atomic E-state index is 0.0986. The summed E-state index contributed by atoms with van der Waals surface area (Å²) in [6.07, 6.45) is 4.15. The smallest absolute Gasteiger partial charge is 0.0855 e. The van der Waals surface area contributed by atoms with Crippen molar-refractivity contribution < 1.29 is 20.4 Å². The van der Waals surface area contributed by atoms with E-state index in [0.717, 1.165) is 38.5 Å². The molecule has 0 aromatic heterocycles. The molecule has 4 rings (SSSR count). The number of aliphatic hydroxyl groups excluding tert-OH is 4. The zero-order chi connectivity index (χ0) is 16.6. The van der Waals surface area contributed by atoms with Gasteiger partial charge in [-0.1, -0.05) is 13.8 Å². The SMILES string of the molecule is C[C@]12CC(O)C(O)CC1CC[C@@H]1[C@H]2CC[C@]2(C)C(O)C(O)C[C@@H]12. The molecule has 0 aromatic carbocycles. The Hall–Kier alpha value is -0.160. The molecule has 4 aliphatic rings. The van der Waals surface area contributed by atoms with Gasteiger partial charge in [0.05, 0.1) is 24.4 Å². The lowest BCUT2D eigenvalue weighted by molar-refractivity contribution is -0.163. The van der Waals surface area contributed by atoms with Crippen molar-refractivity contribution in [2.75, 3.05) is 0 Å². The van der Waals surface area contributed by atoms with E-state index in [1.807, 2.05) is 0 Å². The van der Waals surface area contributed by atoms with Gasteiger partial charge in [-0.25, -0.2) is 0 Å². The summed E-state index contributed by atoms with van der Waals surface area (Å²) in [5.41, 5.74) is -0.0437. The van der Waals surface area contributed by atoms with Gasteiger partial charge in [0.2, 0.25) is 0 Å². The van der Waals surface area contributed by atoms with E-state index in [1.165, 1.54) is 0 Å². The molecule has 0 bridgehead atoms. The zero-order valence-electron chi connectivity index (χ0n) is 14.4. The fraction of sp³-hybridized carbons (Fsp3) is 1.00. The number of rotatable bonds is 0. The summed E-state index contributed by atoms with van der Waals surface area (Å²) in [5, 5.41) is 41.1. The van der Waals surface area contributed by atoms with Crippen LogP contribution in [-0.2, 0) is 0 Å². The van der Waals surface area contributed by atoms with E-state index in [0.29, 0.717) is 30.1 Å². The molecular weight excluding hydrogens is 292 g/mol. The Morgan fingerprint density at radius 2 is 1.48 bits per heavy atom. The van der Waals surface area contributed by atoms with Gasteiger partial charge in [0.25, 0.3) is 0 Å². The first-order valence-electron chi connectivity index (χ1n) is 9.49. The summed E-state index contributed by atoms with van der Waals surface area (Å²) in [5.74, 6) is 2.00. The average molecular weight is 324 g/mol. The Morgan fingerprint density at radius 1 is 0.739 bits per heavy atom. The Morgan fingerprint density at radius 3 is 2.22 bits per heavy atom. The minimum atomic E-state index is -0.594. The van der Waals surface area contributed by atoms with Crippen LogP contribution in [0.5, 0.6) is 0 Å². The maximum absolute atomic E-state index is 10.5. The second kappa shape index (κ2) is 5.17. The van der Waals surface area contributed by atoms with Crippen molar-refractivity contribution in [2.24, 2.45) is 34.5 Å². The first-order chi connectivity index (χ1) is 10.8. The summed E-state index contributed by atoms with van der Waals surface area (Å²) in [7, 11) is 0. The Bertz CT molecular complexity index is 482. The molecule has 4 N–H and O–H groups in total. The molecule has 23 heavy (non-hydrogen) atoms. The van der Waals surface area contributed by atoms with E-state index in [4.69, 9.17) is 0 Å². The summed E-state index contributed by atoms with van der Waals surface area (Å²) >= 11 is 0. The van der Waals surface area contributed by atoms with Crippen molar-refractivity contribution in [3.63, 3.8) is 0 Å². The van der Waals surface area contributed by atoms with Crippen LogP contribution in [0.15, 0.2) is 0 Å². The van der Waals surface area contributed by atoms with Crippen LogP contribution in [0.25, 0.3) is 0 Å². The summed E-state index contributed by atoms with van der Waals surface area (Å²) < 4.78 is 0. The van der Waals surface area contributed by atoms with E-state index < -0.39 is 24.4 Å². The van der Waals surface area contributed by atoms with Crippen LogP contribution in [0, 0.1) is 34.5 Å². The third-order valence-corrected chi connectivity index (χ3v) is 8.66. The second-order valence-electron chi connectivity index (χ2n) is 9.52. The predicted octanol–water partition coefficient (Wildman–Crippen LogP) is 1.69. The normalized spacial score (nSPS) is 62.3.